The second kappa shape index (κ2) is 13.5. The first kappa shape index (κ1) is 27.8. The number of hydrogen-bond acceptors (Lipinski definition) is 5. The molecule has 7 heteroatoms. The Balaban J connectivity index is 1.13. The van der Waals surface area contributed by atoms with Gasteiger partial charge in [-0.15, -0.1) is 0 Å². The number of hydrogen-bond donors (Lipinski definition) is 2. The number of furan rings is 1. The average Bonchev–Trinajstić information content (AvgIpc) is 3.38. The summed E-state index contributed by atoms with van der Waals surface area (Å²) in [5.41, 5.74) is 3.98. The van der Waals surface area contributed by atoms with Gasteiger partial charge in [-0.1, -0.05) is 54.6 Å². The Morgan fingerprint density at radius 1 is 0.732 bits per heavy atom. The first-order valence-electron chi connectivity index (χ1n) is 13.9. The van der Waals surface area contributed by atoms with E-state index in [0.717, 1.165) is 56.4 Å². The highest BCUT2D eigenvalue weighted by Gasteiger charge is 2.09. The van der Waals surface area contributed by atoms with Crippen LogP contribution in [-0.4, -0.2) is 38.1 Å². The molecule has 0 aliphatic carbocycles. The van der Waals surface area contributed by atoms with E-state index in [9.17, 15) is 9.59 Å². The van der Waals surface area contributed by atoms with Gasteiger partial charge in [-0.25, -0.2) is 0 Å². The van der Waals surface area contributed by atoms with Gasteiger partial charge in [-0.3, -0.25) is 9.59 Å². The van der Waals surface area contributed by atoms with E-state index >= 15 is 0 Å². The van der Waals surface area contributed by atoms with Gasteiger partial charge in [-0.05, 0) is 65.1 Å². The predicted molar refractivity (Wildman–Crippen MR) is 160 cm³/mol. The molecule has 0 aliphatic rings. The van der Waals surface area contributed by atoms with E-state index in [1.54, 1.807) is 6.26 Å². The van der Waals surface area contributed by atoms with Gasteiger partial charge in [0.2, 0.25) is 11.8 Å². The molecule has 1 aromatic heterocycles. The molecular weight excluding hydrogens is 516 g/mol. The zero-order valence-electron chi connectivity index (χ0n) is 23.2. The van der Waals surface area contributed by atoms with Crippen LogP contribution >= 0.6 is 0 Å². The summed E-state index contributed by atoms with van der Waals surface area (Å²) in [6.07, 6.45) is 3.52. The van der Waals surface area contributed by atoms with Crippen LogP contribution in [0.1, 0.15) is 23.6 Å². The van der Waals surface area contributed by atoms with Crippen molar-refractivity contribution in [2.75, 3.05) is 26.3 Å². The number of ether oxygens (including phenoxy) is 2. The summed E-state index contributed by atoms with van der Waals surface area (Å²) >= 11 is 0. The molecule has 1 heterocycles. The lowest BCUT2D eigenvalue weighted by molar-refractivity contribution is -0.120. The van der Waals surface area contributed by atoms with Crippen LogP contribution in [0.15, 0.2) is 95.6 Å². The molecule has 4 aromatic carbocycles. The van der Waals surface area contributed by atoms with Gasteiger partial charge in [0.15, 0.2) is 0 Å². The van der Waals surface area contributed by atoms with Gasteiger partial charge >= 0.3 is 0 Å². The number of amides is 2. The van der Waals surface area contributed by atoms with Gasteiger partial charge in [0.25, 0.3) is 0 Å². The number of benzene rings is 4. The maximum absolute atomic E-state index is 12.3. The molecular formula is C34H34N2O5. The lowest BCUT2D eigenvalue weighted by Gasteiger charge is -2.12. The Hall–Kier alpha value is -4.78. The van der Waals surface area contributed by atoms with E-state index in [1.807, 2.05) is 60.7 Å². The number of fused-ring (bicyclic) bond motifs is 2. The van der Waals surface area contributed by atoms with Gasteiger partial charge < -0.3 is 24.5 Å². The van der Waals surface area contributed by atoms with Crippen LogP contribution in [0.25, 0.3) is 21.7 Å². The summed E-state index contributed by atoms with van der Waals surface area (Å²) in [5, 5.41) is 9.07. The smallest absolute Gasteiger partial charge is 0.224 e. The molecule has 0 radical (unpaired) electrons. The van der Waals surface area contributed by atoms with E-state index < -0.39 is 0 Å². The van der Waals surface area contributed by atoms with Crippen LogP contribution in [-0.2, 0) is 28.9 Å². The number of nitrogens with one attached hydrogen (secondary N) is 2. The minimum Gasteiger partial charge on any atom is -0.490 e. The van der Waals surface area contributed by atoms with Crippen molar-refractivity contribution in [3.63, 3.8) is 0 Å². The highest BCUT2D eigenvalue weighted by atomic mass is 16.5. The zero-order chi connectivity index (χ0) is 28.4. The summed E-state index contributed by atoms with van der Waals surface area (Å²) in [6.45, 7) is 3.41. The highest BCUT2D eigenvalue weighted by molar-refractivity contribution is 5.87. The van der Waals surface area contributed by atoms with Crippen LogP contribution in [0, 0.1) is 0 Å². The lowest BCUT2D eigenvalue weighted by atomic mass is 10.0. The van der Waals surface area contributed by atoms with Crippen LogP contribution in [0.5, 0.6) is 11.5 Å². The molecule has 0 fully saturated rings. The Bertz CT molecular complexity index is 1630. The monoisotopic (exact) mass is 550 g/mol. The summed E-state index contributed by atoms with van der Waals surface area (Å²) in [4.78, 5) is 23.5. The maximum Gasteiger partial charge on any atom is 0.224 e. The van der Waals surface area contributed by atoms with Gasteiger partial charge in [-0.2, -0.15) is 0 Å². The van der Waals surface area contributed by atoms with Crippen LogP contribution < -0.4 is 20.1 Å². The molecule has 5 aromatic rings. The van der Waals surface area contributed by atoms with E-state index in [-0.39, 0.29) is 11.8 Å². The van der Waals surface area contributed by atoms with Crippen molar-refractivity contribution >= 4 is 33.6 Å². The molecule has 0 saturated carbocycles. The summed E-state index contributed by atoms with van der Waals surface area (Å²) in [5.74, 6) is 1.48. The number of rotatable bonds is 13. The van der Waals surface area contributed by atoms with Crippen LogP contribution in [0.4, 0.5) is 0 Å². The molecule has 2 amide bonds. The summed E-state index contributed by atoms with van der Waals surface area (Å²) in [6, 6.07) is 27.8. The van der Waals surface area contributed by atoms with Crippen LogP contribution in [0.3, 0.4) is 0 Å². The van der Waals surface area contributed by atoms with Crippen molar-refractivity contribution in [1.82, 2.24) is 10.6 Å². The van der Waals surface area contributed by atoms with Crippen molar-refractivity contribution in [3.8, 4) is 11.5 Å². The predicted octanol–water partition coefficient (Wildman–Crippen LogP) is 5.62. The minimum absolute atomic E-state index is 0.0218. The van der Waals surface area contributed by atoms with Crippen molar-refractivity contribution in [1.29, 1.82) is 0 Å². The van der Waals surface area contributed by atoms with Gasteiger partial charge in [0.1, 0.15) is 30.3 Å². The van der Waals surface area contributed by atoms with Crippen molar-refractivity contribution < 1.29 is 23.5 Å². The molecule has 0 atom stereocenters. The maximum atomic E-state index is 12.3. The van der Waals surface area contributed by atoms with E-state index in [4.69, 9.17) is 13.9 Å². The summed E-state index contributed by atoms with van der Waals surface area (Å²) in [7, 11) is 0. The second-order valence-corrected chi connectivity index (χ2v) is 9.91. The van der Waals surface area contributed by atoms with Gasteiger partial charge in [0.05, 0.1) is 12.7 Å². The zero-order valence-corrected chi connectivity index (χ0v) is 23.2. The number of carbonyl (C=O) groups is 2. The molecule has 2 N–H and O–H groups in total. The van der Waals surface area contributed by atoms with E-state index in [0.29, 0.717) is 39.1 Å². The molecule has 0 aliphatic heterocycles. The first-order chi connectivity index (χ1) is 20.0. The highest BCUT2D eigenvalue weighted by Crippen LogP contribution is 2.27. The van der Waals surface area contributed by atoms with Crippen LogP contribution in [0.2, 0.25) is 0 Å². The Kier molecular flexibility index (Phi) is 9.16. The summed E-state index contributed by atoms with van der Waals surface area (Å²) < 4.78 is 17.6. The second-order valence-electron chi connectivity index (χ2n) is 9.91. The standard InChI is InChI=1S/C34H34N2O5/c1-24(37)35-16-15-28-23-41-33-13-12-30(22-32(28)33)40-19-18-39-29-11-10-26-8-5-9-27(31(26)21-29)14-17-36-34(38)20-25-6-3-2-4-7-25/h2-13,21-23H,14-20H2,1H3,(H,35,37)(H,36,38). The van der Waals surface area contributed by atoms with E-state index in [1.165, 1.54) is 6.92 Å². The largest absolute Gasteiger partial charge is 0.490 e. The third-order valence-electron chi connectivity index (χ3n) is 6.88. The molecule has 0 unspecified atom stereocenters. The fraction of sp³-hybridized carbons (Fsp3) is 0.235. The first-order valence-corrected chi connectivity index (χ1v) is 13.9. The molecule has 0 saturated heterocycles. The Morgan fingerprint density at radius 2 is 1.44 bits per heavy atom. The molecule has 0 bridgehead atoms. The molecule has 5 rings (SSSR count). The Morgan fingerprint density at radius 3 is 2.22 bits per heavy atom. The SMILES string of the molecule is CC(=O)NCCc1coc2ccc(OCCOc3ccc4cccc(CCNC(=O)Cc5ccccc5)c4c3)cc12. The molecule has 7 nitrogen and oxygen atoms in total. The molecule has 210 valence electrons. The third-order valence-corrected chi connectivity index (χ3v) is 6.88. The molecule has 41 heavy (non-hydrogen) atoms. The quantitative estimate of drug-likeness (QED) is 0.186. The van der Waals surface area contributed by atoms with Gasteiger partial charge in [0, 0.05) is 31.0 Å². The van der Waals surface area contributed by atoms with E-state index in [2.05, 4.69) is 34.9 Å². The fourth-order valence-corrected chi connectivity index (χ4v) is 4.84. The van der Waals surface area contributed by atoms with Crippen molar-refractivity contribution in [3.05, 3.63) is 108 Å². The average molecular weight is 551 g/mol. The third kappa shape index (κ3) is 7.66. The number of carbonyl (C=O) groups excluding carboxylic acids is 2. The normalized spacial score (nSPS) is 11.0. The lowest BCUT2D eigenvalue weighted by Crippen LogP contribution is -2.27. The Labute approximate surface area is 239 Å². The minimum atomic E-state index is -0.0486. The van der Waals surface area contributed by atoms with Crippen molar-refractivity contribution in [2.45, 2.75) is 26.2 Å². The topological polar surface area (TPSA) is 89.8 Å². The molecule has 0 spiro atoms. The van der Waals surface area contributed by atoms with Crippen molar-refractivity contribution in [2.24, 2.45) is 0 Å². The fourth-order valence-electron chi connectivity index (χ4n) is 4.84.